The molecule has 0 amide bonds. The fourth-order valence-corrected chi connectivity index (χ4v) is 4.57. The Hall–Kier alpha value is -3.01. The molecule has 1 fully saturated rings. The number of aryl methyl sites for hydroxylation is 1. The van der Waals surface area contributed by atoms with Crippen molar-refractivity contribution in [2.45, 2.75) is 39.0 Å². The average molecular weight is 451 g/mol. The zero-order valence-electron chi connectivity index (χ0n) is 18.4. The lowest BCUT2D eigenvalue weighted by Crippen LogP contribution is -2.14. The Kier molecular flexibility index (Phi) is 6.69. The lowest BCUT2D eigenvalue weighted by Gasteiger charge is -2.24. The summed E-state index contributed by atoms with van der Waals surface area (Å²) >= 11 is 6.67. The van der Waals surface area contributed by atoms with Gasteiger partial charge >= 0.3 is 0 Å². The number of fused-ring (bicyclic) bond motifs is 1. The predicted molar refractivity (Wildman–Crippen MR) is 129 cm³/mol. The lowest BCUT2D eigenvalue weighted by atomic mass is 9.91. The maximum absolute atomic E-state index is 9.92. The summed E-state index contributed by atoms with van der Waals surface area (Å²) in [6.45, 7) is 5.93. The first-order chi connectivity index (χ1) is 15.5. The van der Waals surface area contributed by atoms with E-state index in [-0.39, 0.29) is 0 Å². The molecule has 166 valence electrons. The SMILES string of the molecule is CCOc1cc2nc(CC)c(C#N)c(Nc3ccc(C4CCOCC4)c(Cl)c3)c2cc1N. The number of pyridine rings is 1. The van der Waals surface area contributed by atoms with Crippen molar-refractivity contribution in [3.05, 3.63) is 52.2 Å². The summed E-state index contributed by atoms with van der Waals surface area (Å²) in [5.41, 5.74) is 11.3. The highest BCUT2D eigenvalue weighted by atomic mass is 35.5. The molecule has 0 aliphatic carbocycles. The molecule has 1 aliphatic heterocycles. The van der Waals surface area contributed by atoms with Crippen LogP contribution in [-0.2, 0) is 11.2 Å². The minimum atomic E-state index is 0.408. The Bertz CT molecular complexity index is 1180. The van der Waals surface area contributed by atoms with Crippen LogP contribution in [0.5, 0.6) is 5.75 Å². The van der Waals surface area contributed by atoms with E-state index < -0.39 is 0 Å². The fourth-order valence-electron chi connectivity index (χ4n) is 4.23. The lowest BCUT2D eigenvalue weighted by molar-refractivity contribution is 0.0853. The van der Waals surface area contributed by atoms with Gasteiger partial charge in [-0.05, 0) is 55.9 Å². The first-order valence-corrected chi connectivity index (χ1v) is 11.4. The van der Waals surface area contributed by atoms with Crippen LogP contribution >= 0.6 is 11.6 Å². The quantitative estimate of drug-likeness (QED) is 0.451. The first kappa shape index (κ1) is 22.2. The van der Waals surface area contributed by atoms with Crippen molar-refractivity contribution < 1.29 is 9.47 Å². The van der Waals surface area contributed by atoms with Crippen molar-refractivity contribution in [1.82, 2.24) is 4.98 Å². The van der Waals surface area contributed by atoms with Crippen molar-refractivity contribution in [1.29, 1.82) is 5.26 Å². The van der Waals surface area contributed by atoms with Crippen molar-refractivity contribution in [3.8, 4) is 11.8 Å². The molecule has 3 aromatic rings. The molecule has 3 N–H and O–H groups in total. The summed E-state index contributed by atoms with van der Waals surface area (Å²) < 4.78 is 11.1. The number of benzene rings is 2. The maximum atomic E-state index is 9.92. The molecule has 7 heteroatoms. The van der Waals surface area contributed by atoms with E-state index in [4.69, 9.17) is 31.8 Å². The van der Waals surface area contributed by atoms with Gasteiger partial charge in [0.2, 0.25) is 0 Å². The predicted octanol–water partition coefficient (Wildman–Crippen LogP) is 5.94. The number of anilines is 3. The molecule has 32 heavy (non-hydrogen) atoms. The molecule has 1 saturated heterocycles. The van der Waals surface area contributed by atoms with Crippen molar-refractivity contribution in [2.24, 2.45) is 0 Å². The Morgan fingerprint density at radius 2 is 2.03 bits per heavy atom. The van der Waals surface area contributed by atoms with Crippen LogP contribution in [0.15, 0.2) is 30.3 Å². The second-order valence-corrected chi connectivity index (χ2v) is 8.27. The number of hydrogen-bond acceptors (Lipinski definition) is 6. The number of hydrogen-bond donors (Lipinski definition) is 2. The van der Waals surface area contributed by atoms with Crippen LogP contribution < -0.4 is 15.8 Å². The summed E-state index contributed by atoms with van der Waals surface area (Å²) in [6.07, 6.45) is 2.58. The molecule has 0 radical (unpaired) electrons. The van der Waals surface area contributed by atoms with E-state index in [1.165, 1.54) is 0 Å². The molecular formula is C25H27ClN4O2. The van der Waals surface area contributed by atoms with Gasteiger partial charge in [-0.25, -0.2) is 0 Å². The van der Waals surface area contributed by atoms with Gasteiger partial charge in [0, 0.05) is 35.4 Å². The standard InChI is InChI=1S/C25H27ClN4O2/c1-3-22-19(14-27)25(18-12-21(28)24(32-4-2)13-23(18)30-22)29-16-5-6-17(20(26)11-16)15-7-9-31-10-8-15/h5-6,11-13,15H,3-4,7-10,28H2,1-2H3,(H,29,30). The van der Waals surface area contributed by atoms with E-state index in [0.717, 1.165) is 53.9 Å². The van der Waals surface area contributed by atoms with E-state index in [0.29, 0.717) is 46.7 Å². The highest BCUT2D eigenvalue weighted by Gasteiger charge is 2.20. The van der Waals surface area contributed by atoms with E-state index >= 15 is 0 Å². The van der Waals surface area contributed by atoms with Crippen LogP contribution in [0.25, 0.3) is 10.9 Å². The number of nitriles is 1. The molecule has 0 bridgehead atoms. The molecule has 2 aromatic carbocycles. The number of ether oxygens (including phenoxy) is 2. The minimum absolute atomic E-state index is 0.408. The van der Waals surface area contributed by atoms with Crippen LogP contribution in [0.4, 0.5) is 17.1 Å². The molecule has 1 aromatic heterocycles. The summed E-state index contributed by atoms with van der Waals surface area (Å²) in [6, 6.07) is 12.0. The maximum Gasteiger partial charge on any atom is 0.144 e. The third-order valence-corrected chi connectivity index (χ3v) is 6.20. The van der Waals surface area contributed by atoms with E-state index in [9.17, 15) is 5.26 Å². The van der Waals surface area contributed by atoms with Gasteiger partial charge in [0.1, 0.15) is 11.8 Å². The highest BCUT2D eigenvalue weighted by molar-refractivity contribution is 6.31. The van der Waals surface area contributed by atoms with Gasteiger partial charge in [0.25, 0.3) is 0 Å². The van der Waals surface area contributed by atoms with Gasteiger partial charge in [-0.15, -0.1) is 0 Å². The smallest absolute Gasteiger partial charge is 0.144 e. The largest absolute Gasteiger partial charge is 0.492 e. The van der Waals surface area contributed by atoms with Crippen molar-refractivity contribution in [2.75, 3.05) is 30.9 Å². The molecule has 0 unspecified atom stereocenters. The molecular weight excluding hydrogens is 424 g/mol. The molecule has 0 atom stereocenters. The third-order valence-electron chi connectivity index (χ3n) is 5.87. The number of nitrogen functional groups attached to an aromatic ring is 1. The second-order valence-electron chi connectivity index (χ2n) is 7.86. The fraction of sp³-hybridized carbons (Fsp3) is 0.360. The minimum Gasteiger partial charge on any atom is -0.492 e. The summed E-state index contributed by atoms with van der Waals surface area (Å²) in [4.78, 5) is 4.71. The van der Waals surface area contributed by atoms with Gasteiger partial charge in [-0.2, -0.15) is 5.26 Å². The monoisotopic (exact) mass is 450 g/mol. The Balaban J connectivity index is 1.78. The van der Waals surface area contributed by atoms with Crippen LogP contribution in [-0.4, -0.2) is 24.8 Å². The number of aromatic nitrogens is 1. The first-order valence-electron chi connectivity index (χ1n) is 11.0. The number of rotatable bonds is 6. The molecule has 1 aliphatic rings. The normalized spacial score (nSPS) is 14.3. The van der Waals surface area contributed by atoms with Crippen LogP contribution in [0.3, 0.4) is 0 Å². The third kappa shape index (κ3) is 4.32. The van der Waals surface area contributed by atoms with Crippen LogP contribution in [0.2, 0.25) is 5.02 Å². The number of nitrogens with one attached hydrogen (secondary N) is 1. The molecule has 0 saturated carbocycles. The van der Waals surface area contributed by atoms with E-state index in [1.807, 2.05) is 38.1 Å². The van der Waals surface area contributed by atoms with Gasteiger partial charge < -0.3 is 20.5 Å². The number of nitrogens with zero attached hydrogens (tertiary/aromatic N) is 2. The summed E-state index contributed by atoms with van der Waals surface area (Å²) in [7, 11) is 0. The van der Waals surface area contributed by atoms with Crippen LogP contribution in [0, 0.1) is 11.3 Å². The second kappa shape index (κ2) is 9.64. The molecule has 4 rings (SSSR count). The molecule has 0 spiro atoms. The summed E-state index contributed by atoms with van der Waals surface area (Å²) in [5.74, 6) is 0.999. The zero-order valence-corrected chi connectivity index (χ0v) is 19.1. The number of nitrogens with two attached hydrogens (primary N) is 1. The zero-order chi connectivity index (χ0) is 22.7. The topological polar surface area (TPSA) is 93.2 Å². The molecule has 2 heterocycles. The van der Waals surface area contributed by atoms with E-state index in [1.54, 1.807) is 0 Å². The Morgan fingerprint density at radius 3 is 2.69 bits per heavy atom. The average Bonchev–Trinajstić information content (AvgIpc) is 2.80. The highest BCUT2D eigenvalue weighted by Crippen LogP contribution is 2.38. The van der Waals surface area contributed by atoms with Crippen LogP contribution in [0.1, 0.15) is 49.4 Å². The van der Waals surface area contributed by atoms with Crippen molar-refractivity contribution >= 4 is 39.6 Å². The van der Waals surface area contributed by atoms with Gasteiger partial charge in [-0.1, -0.05) is 24.6 Å². The van der Waals surface area contributed by atoms with Gasteiger partial charge in [0.05, 0.1) is 34.8 Å². The number of halogens is 1. The Labute approximate surface area is 193 Å². The van der Waals surface area contributed by atoms with Crippen molar-refractivity contribution in [3.63, 3.8) is 0 Å². The Morgan fingerprint density at radius 1 is 1.25 bits per heavy atom. The van der Waals surface area contributed by atoms with E-state index in [2.05, 4.69) is 17.5 Å². The van der Waals surface area contributed by atoms with Gasteiger partial charge in [0.15, 0.2) is 0 Å². The molecule has 6 nitrogen and oxygen atoms in total. The van der Waals surface area contributed by atoms with Gasteiger partial charge in [-0.3, -0.25) is 4.98 Å². The summed E-state index contributed by atoms with van der Waals surface area (Å²) in [5, 5.41) is 14.8.